The molecule has 0 bridgehead atoms. The first-order valence-corrected chi connectivity index (χ1v) is 15.9. The minimum absolute atomic E-state index is 0.165. The number of aryl methyl sites for hydroxylation is 1. The summed E-state index contributed by atoms with van der Waals surface area (Å²) in [5.74, 6) is 5.05. The highest BCUT2D eigenvalue weighted by Gasteiger charge is 2.34. The van der Waals surface area contributed by atoms with Crippen LogP contribution < -0.4 is 9.64 Å². The van der Waals surface area contributed by atoms with E-state index in [1.54, 1.807) is 30.9 Å². The Morgan fingerprint density at radius 3 is 2.07 bits per heavy atom. The lowest BCUT2D eigenvalue weighted by molar-refractivity contribution is -0.127. The lowest BCUT2D eigenvalue weighted by atomic mass is 10.0. The van der Waals surface area contributed by atoms with E-state index in [-0.39, 0.29) is 11.5 Å². The molecule has 1 aliphatic heterocycles. The Morgan fingerprint density at radius 2 is 1.40 bits per heavy atom. The second kappa shape index (κ2) is 14.5. The van der Waals surface area contributed by atoms with Crippen molar-refractivity contribution < 1.29 is 19.1 Å². The molecule has 1 heterocycles. The number of carbonyl (C=O) groups is 2. The Kier molecular flexibility index (Phi) is 10.3. The van der Waals surface area contributed by atoms with Crippen molar-refractivity contribution in [3.63, 3.8) is 0 Å². The van der Waals surface area contributed by atoms with Crippen LogP contribution in [-0.2, 0) is 17.7 Å². The van der Waals surface area contributed by atoms with Crippen molar-refractivity contribution in [2.75, 3.05) is 4.90 Å². The maximum Gasteiger partial charge on any atom is 0.345 e. The first kappa shape index (κ1) is 31.9. The van der Waals surface area contributed by atoms with Crippen LogP contribution in [0.5, 0.6) is 5.75 Å². The highest BCUT2D eigenvalue weighted by atomic mass is 35.5. The van der Waals surface area contributed by atoms with Crippen molar-refractivity contribution in [1.82, 2.24) is 0 Å². The van der Waals surface area contributed by atoms with Gasteiger partial charge >= 0.3 is 5.97 Å². The van der Waals surface area contributed by atoms with E-state index in [9.17, 15) is 9.59 Å². The number of hydrogen-bond acceptors (Lipinski definition) is 4. The molecule has 4 aromatic rings. The van der Waals surface area contributed by atoms with Gasteiger partial charge in [0.1, 0.15) is 11.3 Å². The molecule has 0 spiro atoms. The third kappa shape index (κ3) is 8.56. The molecule has 0 aliphatic carbocycles. The van der Waals surface area contributed by atoms with Crippen LogP contribution >= 0.6 is 11.6 Å². The van der Waals surface area contributed by atoms with Crippen molar-refractivity contribution in [3.8, 4) is 17.6 Å². The van der Waals surface area contributed by atoms with E-state index in [0.29, 0.717) is 28.6 Å². The van der Waals surface area contributed by atoms with E-state index in [1.807, 2.05) is 78.9 Å². The van der Waals surface area contributed by atoms with Gasteiger partial charge in [-0.25, -0.2) is 4.79 Å². The molecule has 1 amide bonds. The van der Waals surface area contributed by atoms with Crippen molar-refractivity contribution in [3.05, 3.63) is 129 Å². The molecule has 230 valence electrons. The van der Waals surface area contributed by atoms with E-state index in [1.165, 1.54) is 31.2 Å². The predicted octanol–water partition coefficient (Wildman–Crippen LogP) is 9.38. The van der Waals surface area contributed by atoms with E-state index < -0.39 is 11.8 Å². The average molecular weight is 620 g/mol. The number of anilines is 1. The fourth-order valence-corrected chi connectivity index (χ4v) is 5.36. The van der Waals surface area contributed by atoms with Gasteiger partial charge in [-0.15, -0.1) is 0 Å². The average Bonchev–Trinajstić information content (AvgIpc) is 3.03. The van der Waals surface area contributed by atoms with Crippen LogP contribution in [0.1, 0.15) is 95.8 Å². The zero-order valence-corrected chi connectivity index (χ0v) is 26.8. The van der Waals surface area contributed by atoms with Gasteiger partial charge in [-0.3, -0.25) is 4.79 Å². The summed E-state index contributed by atoms with van der Waals surface area (Å²) in [7, 11) is 0. The second-order valence-corrected chi connectivity index (χ2v) is 12.2. The molecule has 5 nitrogen and oxygen atoms in total. The number of benzene rings is 4. The number of halogens is 1. The molecule has 0 saturated carbocycles. The Labute approximate surface area is 271 Å². The topological polar surface area (TPSA) is 55.8 Å². The zero-order chi connectivity index (χ0) is 31.8. The van der Waals surface area contributed by atoms with Gasteiger partial charge in [0.15, 0.2) is 0 Å². The summed E-state index contributed by atoms with van der Waals surface area (Å²) in [5.41, 5.74) is 5.31. The van der Waals surface area contributed by atoms with Crippen LogP contribution in [0, 0.1) is 11.8 Å². The highest BCUT2D eigenvalue weighted by Crippen LogP contribution is 2.35. The monoisotopic (exact) mass is 619 g/mol. The summed E-state index contributed by atoms with van der Waals surface area (Å²) in [5, 5.41) is 0.671. The van der Waals surface area contributed by atoms with Crippen molar-refractivity contribution in [2.24, 2.45) is 0 Å². The SMILES string of the molecule is CCCCCCCc1ccc(C(=O)N(Cc2ccc(C#Cc3ccc(Cl)cc3)cc2)c2ccc3c(c2)C(=O)OC(C)(C)O3)cc1. The number of fused-ring (bicyclic) bond motifs is 1. The van der Waals surface area contributed by atoms with Gasteiger partial charge in [0, 0.05) is 41.2 Å². The predicted molar refractivity (Wildman–Crippen MR) is 180 cm³/mol. The van der Waals surface area contributed by atoms with Gasteiger partial charge in [-0.05, 0) is 90.7 Å². The maximum atomic E-state index is 14.0. The molecular formula is C39H38ClNO4. The van der Waals surface area contributed by atoms with Gasteiger partial charge in [-0.2, -0.15) is 0 Å². The van der Waals surface area contributed by atoms with E-state index >= 15 is 0 Å². The maximum absolute atomic E-state index is 14.0. The fourth-order valence-electron chi connectivity index (χ4n) is 5.23. The number of cyclic esters (lactones) is 1. The lowest BCUT2D eigenvalue weighted by Crippen LogP contribution is -2.39. The van der Waals surface area contributed by atoms with Gasteiger partial charge in [0.25, 0.3) is 5.91 Å². The number of carbonyl (C=O) groups excluding carboxylic acids is 2. The molecule has 0 atom stereocenters. The molecule has 6 heteroatoms. The third-order valence-corrected chi connectivity index (χ3v) is 7.95. The molecule has 45 heavy (non-hydrogen) atoms. The Bertz CT molecular complexity index is 1700. The molecule has 0 unspecified atom stereocenters. The van der Waals surface area contributed by atoms with Crippen molar-refractivity contribution in [1.29, 1.82) is 0 Å². The molecule has 4 aromatic carbocycles. The smallest absolute Gasteiger partial charge is 0.345 e. The quantitative estimate of drug-likeness (QED) is 0.101. The van der Waals surface area contributed by atoms with Crippen molar-refractivity contribution >= 4 is 29.2 Å². The van der Waals surface area contributed by atoms with Gasteiger partial charge in [-0.1, -0.05) is 80.3 Å². The lowest BCUT2D eigenvalue weighted by Gasteiger charge is -2.32. The normalized spacial score (nSPS) is 13.1. The summed E-state index contributed by atoms with van der Waals surface area (Å²) < 4.78 is 11.3. The Balaban J connectivity index is 1.38. The van der Waals surface area contributed by atoms with E-state index in [4.69, 9.17) is 21.1 Å². The number of amides is 1. The van der Waals surface area contributed by atoms with E-state index in [0.717, 1.165) is 29.5 Å². The number of esters is 1. The molecule has 1 aliphatic rings. The first-order chi connectivity index (χ1) is 21.7. The summed E-state index contributed by atoms with van der Waals surface area (Å²) in [6.45, 7) is 5.90. The Hall–Kier alpha value is -4.53. The number of hydrogen-bond donors (Lipinski definition) is 0. The number of nitrogens with zero attached hydrogens (tertiary/aromatic N) is 1. The van der Waals surface area contributed by atoms with Crippen LogP contribution in [0.25, 0.3) is 0 Å². The summed E-state index contributed by atoms with van der Waals surface area (Å²) >= 11 is 5.98. The Morgan fingerprint density at radius 1 is 0.778 bits per heavy atom. The molecule has 0 radical (unpaired) electrons. The first-order valence-electron chi connectivity index (χ1n) is 15.5. The van der Waals surface area contributed by atoms with Gasteiger partial charge in [0.2, 0.25) is 5.79 Å². The second-order valence-electron chi connectivity index (χ2n) is 11.8. The molecular weight excluding hydrogens is 582 g/mol. The minimum Gasteiger partial charge on any atom is -0.452 e. The minimum atomic E-state index is -1.06. The van der Waals surface area contributed by atoms with E-state index in [2.05, 4.69) is 18.8 Å². The van der Waals surface area contributed by atoms with Crippen LogP contribution in [-0.4, -0.2) is 17.7 Å². The number of unbranched alkanes of at least 4 members (excludes halogenated alkanes) is 4. The van der Waals surface area contributed by atoms with Gasteiger partial charge in [0.05, 0.1) is 6.54 Å². The molecule has 0 fully saturated rings. The zero-order valence-electron chi connectivity index (χ0n) is 26.1. The third-order valence-electron chi connectivity index (χ3n) is 7.69. The van der Waals surface area contributed by atoms with Crippen LogP contribution in [0.3, 0.4) is 0 Å². The van der Waals surface area contributed by atoms with Crippen LogP contribution in [0.4, 0.5) is 5.69 Å². The summed E-state index contributed by atoms with van der Waals surface area (Å²) in [4.78, 5) is 28.6. The molecule has 0 aromatic heterocycles. The fraction of sp³-hybridized carbons (Fsp3) is 0.282. The largest absolute Gasteiger partial charge is 0.452 e. The highest BCUT2D eigenvalue weighted by molar-refractivity contribution is 6.30. The molecule has 0 N–H and O–H groups in total. The van der Waals surface area contributed by atoms with Crippen molar-refractivity contribution in [2.45, 2.75) is 71.6 Å². The standard InChI is InChI=1S/C39H38ClNO4/c1-4-5-6-7-8-9-28-16-20-32(21-17-28)37(42)41(34-24-25-36-35(26-34)38(43)45-39(2,3)44-36)27-31-14-12-29(13-15-31)10-11-30-18-22-33(40)23-19-30/h12-26H,4-9,27H2,1-3H3. The number of rotatable bonds is 10. The molecule has 0 saturated heterocycles. The van der Waals surface area contributed by atoms with Crippen LogP contribution in [0.2, 0.25) is 5.02 Å². The number of ether oxygens (including phenoxy) is 2. The van der Waals surface area contributed by atoms with Crippen LogP contribution in [0.15, 0.2) is 91.0 Å². The summed E-state index contributed by atoms with van der Waals surface area (Å²) in [6, 6.07) is 28.3. The van der Waals surface area contributed by atoms with Gasteiger partial charge < -0.3 is 14.4 Å². The molecule has 5 rings (SSSR count). The summed E-state index contributed by atoms with van der Waals surface area (Å²) in [6.07, 6.45) is 7.12.